The predicted molar refractivity (Wildman–Crippen MR) is 118 cm³/mol. The molecule has 0 saturated carbocycles. The Bertz CT molecular complexity index is 621. The quantitative estimate of drug-likeness (QED) is 0.318. The fourth-order valence-electron chi connectivity index (χ4n) is 2.00. The molecule has 0 bridgehead atoms. The first-order valence-electron chi connectivity index (χ1n) is 8.83. The monoisotopic (exact) mass is 495 g/mol. The van der Waals surface area contributed by atoms with Gasteiger partial charge in [-0.3, -0.25) is 4.99 Å². The van der Waals surface area contributed by atoms with Crippen LogP contribution in [0.2, 0.25) is 0 Å². The number of nitrogens with one attached hydrogen (secondary N) is 3. The van der Waals surface area contributed by atoms with E-state index in [1.807, 2.05) is 40.7 Å². The average Bonchev–Trinajstić information content (AvgIpc) is 2.93. The maximum Gasteiger partial charge on any atom is 0.408 e. The van der Waals surface area contributed by atoms with Crippen molar-refractivity contribution in [3.63, 3.8) is 0 Å². The summed E-state index contributed by atoms with van der Waals surface area (Å²) in [7, 11) is 1.68. The van der Waals surface area contributed by atoms with E-state index in [-0.39, 0.29) is 24.0 Å². The number of hydrogen-bond donors (Lipinski definition) is 3. The van der Waals surface area contributed by atoms with E-state index < -0.39 is 17.2 Å². The van der Waals surface area contributed by atoms with Crippen LogP contribution in [0, 0.1) is 0 Å². The first kappa shape index (κ1) is 25.5. The third-order valence-electron chi connectivity index (χ3n) is 3.36. The molecule has 27 heavy (non-hydrogen) atoms. The summed E-state index contributed by atoms with van der Waals surface area (Å²) in [6, 6.07) is 1.93. The lowest BCUT2D eigenvalue weighted by Gasteiger charge is -2.29. The topological polar surface area (TPSA) is 101 Å². The Hall–Kier alpha value is -1.52. The van der Waals surface area contributed by atoms with Gasteiger partial charge in [0.1, 0.15) is 5.60 Å². The third-order valence-corrected chi connectivity index (χ3v) is 3.36. The smallest absolute Gasteiger partial charge is 0.408 e. The van der Waals surface area contributed by atoms with Gasteiger partial charge in [0.2, 0.25) is 0 Å². The summed E-state index contributed by atoms with van der Waals surface area (Å²) >= 11 is 0. The van der Waals surface area contributed by atoms with Crippen molar-refractivity contribution in [2.45, 2.75) is 72.1 Å². The van der Waals surface area contributed by atoms with Gasteiger partial charge >= 0.3 is 6.09 Å². The molecule has 0 unspecified atom stereocenters. The first-order chi connectivity index (χ1) is 11.9. The molecule has 1 aromatic heterocycles. The number of carbonyl (C=O) groups is 1. The summed E-state index contributed by atoms with van der Waals surface area (Å²) in [5.74, 6) is 1.67. The van der Waals surface area contributed by atoms with Crippen LogP contribution in [0.1, 0.15) is 65.8 Å². The maximum atomic E-state index is 11.9. The molecule has 9 heteroatoms. The van der Waals surface area contributed by atoms with E-state index >= 15 is 0 Å². The van der Waals surface area contributed by atoms with Gasteiger partial charge in [-0.25, -0.2) is 4.79 Å². The van der Waals surface area contributed by atoms with E-state index in [1.165, 1.54) is 0 Å². The summed E-state index contributed by atoms with van der Waals surface area (Å²) in [5.41, 5.74) is -0.124. The largest absolute Gasteiger partial charge is 0.444 e. The normalized spacial score (nSPS) is 12.4. The molecule has 1 aromatic rings. The number of rotatable bonds is 6. The number of guanidine groups is 1. The van der Waals surface area contributed by atoms with Crippen molar-refractivity contribution in [1.82, 2.24) is 21.1 Å². The van der Waals surface area contributed by atoms with Gasteiger partial charge < -0.3 is 25.2 Å². The standard InChI is InChI=1S/C18H33N5O3.HI/c1-12(2)14-9-13(26-23-14)10-20-15(19-8)21-11-18(6,7)22-16(24)25-17(3,4)5;/h9,12H,10-11H2,1-8H3,(H,22,24)(H2,19,20,21);1H. The Kier molecular flexibility index (Phi) is 10.1. The molecule has 0 aromatic carbocycles. The van der Waals surface area contributed by atoms with Gasteiger partial charge in [0, 0.05) is 19.7 Å². The van der Waals surface area contributed by atoms with Crippen LogP contribution in [0.4, 0.5) is 4.79 Å². The van der Waals surface area contributed by atoms with Crippen molar-refractivity contribution in [3.8, 4) is 0 Å². The number of amides is 1. The molecule has 0 saturated heterocycles. The highest BCUT2D eigenvalue weighted by Crippen LogP contribution is 2.13. The summed E-state index contributed by atoms with van der Waals surface area (Å²) in [4.78, 5) is 16.1. The molecule has 1 rings (SSSR count). The summed E-state index contributed by atoms with van der Waals surface area (Å²) in [6.07, 6.45) is -0.449. The Morgan fingerprint density at radius 2 is 1.89 bits per heavy atom. The zero-order chi connectivity index (χ0) is 20.0. The number of halogens is 1. The fraction of sp³-hybridized carbons (Fsp3) is 0.722. The van der Waals surface area contributed by atoms with Crippen LogP contribution in [0.5, 0.6) is 0 Å². The number of ether oxygens (including phenoxy) is 1. The molecule has 0 spiro atoms. The van der Waals surface area contributed by atoms with Crippen molar-refractivity contribution in [2.24, 2.45) is 4.99 Å². The Morgan fingerprint density at radius 3 is 2.37 bits per heavy atom. The lowest BCUT2D eigenvalue weighted by atomic mass is 10.1. The molecule has 1 amide bonds. The summed E-state index contributed by atoms with van der Waals surface area (Å²) < 4.78 is 10.6. The molecule has 0 radical (unpaired) electrons. The molecule has 0 aliphatic rings. The molecule has 8 nitrogen and oxygen atoms in total. The number of aliphatic imine (C=N–C) groups is 1. The third kappa shape index (κ3) is 10.4. The van der Waals surface area contributed by atoms with Crippen molar-refractivity contribution >= 4 is 36.0 Å². The number of hydrogen-bond acceptors (Lipinski definition) is 5. The van der Waals surface area contributed by atoms with Gasteiger partial charge in [0.05, 0.1) is 17.8 Å². The molecule has 1 heterocycles. The van der Waals surface area contributed by atoms with Gasteiger partial charge in [0.25, 0.3) is 0 Å². The van der Waals surface area contributed by atoms with Crippen LogP contribution >= 0.6 is 24.0 Å². The van der Waals surface area contributed by atoms with Crippen LogP contribution in [0.25, 0.3) is 0 Å². The number of nitrogens with zero attached hydrogens (tertiary/aromatic N) is 2. The summed E-state index contributed by atoms with van der Waals surface area (Å²) in [6.45, 7) is 14.4. The van der Waals surface area contributed by atoms with E-state index in [2.05, 4.69) is 39.9 Å². The maximum absolute atomic E-state index is 11.9. The highest BCUT2D eigenvalue weighted by Gasteiger charge is 2.24. The zero-order valence-electron chi connectivity index (χ0n) is 17.6. The minimum absolute atomic E-state index is 0. The van der Waals surface area contributed by atoms with Crippen LogP contribution in [-0.2, 0) is 11.3 Å². The molecular formula is C18H34IN5O3. The van der Waals surface area contributed by atoms with E-state index in [0.29, 0.717) is 25.0 Å². The fourth-order valence-corrected chi connectivity index (χ4v) is 2.00. The van der Waals surface area contributed by atoms with Crippen molar-refractivity contribution in [1.29, 1.82) is 0 Å². The average molecular weight is 495 g/mol. The van der Waals surface area contributed by atoms with Gasteiger partial charge in [-0.05, 0) is 40.5 Å². The minimum Gasteiger partial charge on any atom is -0.444 e. The SMILES string of the molecule is CN=C(NCc1cc(C(C)C)no1)NCC(C)(C)NC(=O)OC(C)(C)C.I. The lowest BCUT2D eigenvalue weighted by Crippen LogP contribution is -2.54. The van der Waals surface area contributed by atoms with Gasteiger partial charge in [-0.15, -0.1) is 24.0 Å². The summed E-state index contributed by atoms with van der Waals surface area (Å²) in [5, 5.41) is 13.2. The van der Waals surface area contributed by atoms with Gasteiger partial charge in [0.15, 0.2) is 11.7 Å². The second-order valence-electron chi connectivity index (χ2n) is 8.16. The lowest BCUT2D eigenvalue weighted by molar-refractivity contribution is 0.0474. The molecule has 0 atom stereocenters. The molecule has 3 N–H and O–H groups in total. The van der Waals surface area contributed by atoms with Crippen LogP contribution < -0.4 is 16.0 Å². The predicted octanol–water partition coefficient (Wildman–Crippen LogP) is 3.38. The zero-order valence-corrected chi connectivity index (χ0v) is 19.9. The van der Waals surface area contributed by atoms with Gasteiger partial charge in [-0.1, -0.05) is 19.0 Å². The van der Waals surface area contributed by atoms with Crippen LogP contribution in [-0.4, -0.2) is 41.9 Å². The molecule has 0 fully saturated rings. The van der Waals surface area contributed by atoms with E-state index in [4.69, 9.17) is 9.26 Å². The van der Waals surface area contributed by atoms with E-state index in [1.54, 1.807) is 7.05 Å². The number of alkyl carbamates (subject to hydrolysis) is 1. The molecule has 0 aliphatic carbocycles. The molecule has 0 aliphatic heterocycles. The number of carbonyl (C=O) groups excluding carboxylic acids is 1. The van der Waals surface area contributed by atoms with E-state index in [0.717, 1.165) is 11.5 Å². The van der Waals surface area contributed by atoms with Gasteiger partial charge in [-0.2, -0.15) is 0 Å². The highest BCUT2D eigenvalue weighted by atomic mass is 127. The highest BCUT2D eigenvalue weighted by molar-refractivity contribution is 14.0. The van der Waals surface area contributed by atoms with Crippen molar-refractivity contribution in [2.75, 3.05) is 13.6 Å². The minimum atomic E-state index is -0.531. The van der Waals surface area contributed by atoms with Crippen LogP contribution in [0.3, 0.4) is 0 Å². The Morgan fingerprint density at radius 1 is 1.26 bits per heavy atom. The molecule has 156 valence electrons. The number of aromatic nitrogens is 1. The Balaban J connectivity index is 0.00000676. The first-order valence-corrected chi connectivity index (χ1v) is 8.83. The second-order valence-corrected chi connectivity index (χ2v) is 8.16. The molecular weight excluding hydrogens is 461 g/mol. The van der Waals surface area contributed by atoms with E-state index in [9.17, 15) is 4.79 Å². The van der Waals surface area contributed by atoms with Crippen molar-refractivity contribution in [3.05, 3.63) is 17.5 Å². The van der Waals surface area contributed by atoms with Crippen LogP contribution in [0.15, 0.2) is 15.6 Å². The van der Waals surface area contributed by atoms with Crippen molar-refractivity contribution < 1.29 is 14.1 Å². The second kappa shape index (κ2) is 10.7. The Labute approximate surface area is 179 Å².